The molecule has 6 heteroatoms. The first kappa shape index (κ1) is 10.7. The number of rotatable bonds is 3. The van der Waals surface area contributed by atoms with Gasteiger partial charge in [0, 0.05) is 31.2 Å². The number of aryl methyl sites for hydroxylation is 1. The Morgan fingerprint density at radius 2 is 2.31 bits per heavy atom. The molecule has 0 aliphatic heterocycles. The zero-order valence-electron chi connectivity index (χ0n) is 8.76. The van der Waals surface area contributed by atoms with Crippen LogP contribution in [0, 0.1) is 5.82 Å². The Morgan fingerprint density at radius 3 is 2.88 bits per heavy atom. The quantitative estimate of drug-likeness (QED) is 0.585. The molecule has 2 heterocycles. The van der Waals surface area contributed by atoms with Gasteiger partial charge in [0.05, 0.1) is 6.20 Å². The van der Waals surface area contributed by atoms with Gasteiger partial charge in [-0.05, 0) is 6.07 Å². The van der Waals surface area contributed by atoms with Crippen LogP contribution in [0.1, 0.15) is 17.4 Å². The molecule has 84 valence electrons. The van der Waals surface area contributed by atoms with Crippen LogP contribution in [0.4, 0.5) is 4.39 Å². The van der Waals surface area contributed by atoms with Crippen LogP contribution in [0.2, 0.25) is 0 Å². The van der Waals surface area contributed by atoms with Crippen LogP contribution in [0.3, 0.4) is 0 Å². The minimum Gasteiger partial charge on any atom is -0.336 e. The van der Waals surface area contributed by atoms with Crippen LogP contribution in [0.25, 0.3) is 0 Å². The number of hydrogen-bond donors (Lipinski definition) is 2. The van der Waals surface area contributed by atoms with Gasteiger partial charge in [-0.25, -0.2) is 14.8 Å². The van der Waals surface area contributed by atoms with Crippen molar-refractivity contribution in [1.29, 1.82) is 0 Å². The Bertz CT molecular complexity index is 482. The Hall–Kier alpha value is -1.79. The summed E-state index contributed by atoms with van der Waals surface area (Å²) in [6.45, 7) is 0. The van der Waals surface area contributed by atoms with E-state index >= 15 is 0 Å². The van der Waals surface area contributed by atoms with Gasteiger partial charge in [0.2, 0.25) is 0 Å². The molecule has 3 N–H and O–H groups in total. The first-order valence-electron chi connectivity index (χ1n) is 4.76. The summed E-state index contributed by atoms with van der Waals surface area (Å²) in [5.74, 6) is 5.68. The van der Waals surface area contributed by atoms with Crippen LogP contribution in [0.15, 0.2) is 30.9 Å². The van der Waals surface area contributed by atoms with Gasteiger partial charge in [-0.3, -0.25) is 10.8 Å². The second-order valence-electron chi connectivity index (χ2n) is 3.39. The molecule has 0 radical (unpaired) electrons. The lowest BCUT2D eigenvalue weighted by Gasteiger charge is -2.16. The van der Waals surface area contributed by atoms with Gasteiger partial charge in [0.1, 0.15) is 17.7 Å². The Kier molecular flexibility index (Phi) is 2.93. The van der Waals surface area contributed by atoms with E-state index in [0.29, 0.717) is 11.4 Å². The average Bonchev–Trinajstić information content (AvgIpc) is 2.69. The number of nitrogens with one attached hydrogen (secondary N) is 1. The summed E-state index contributed by atoms with van der Waals surface area (Å²) < 4.78 is 15.3. The smallest absolute Gasteiger partial charge is 0.146 e. The van der Waals surface area contributed by atoms with E-state index in [-0.39, 0.29) is 0 Å². The fourth-order valence-electron chi connectivity index (χ4n) is 1.58. The van der Waals surface area contributed by atoms with Crippen molar-refractivity contribution in [3.05, 3.63) is 48.1 Å². The van der Waals surface area contributed by atoms with Crippen LogP contribution in [-0.4, -0.2) is 14.5 Å². The van der Waals surface area contributed by atoms with Crippen molar-refractivity contribution in [3.63, 3.8) is 0 Å². The van der Waals surface area contributed by atoms with Gasteiger partial charge >= 0.3 is 0 Å². The maximum absolute atomic E-state index is 13.6. The van der Waals surface area contributed by atoms with Crippen molar-refractivity contribution in [2.45, 2.75) is 6.04 Å². The molecule has 2 rings (SSSR count). The molecule has 2 aromatic rings. The lowest BCUT2D eigenvalue weighted by atomic mass is 10.1. The molecule has 5 nitrogen and oxygen atoms in total. The highest BCUT2D eigenvalue weighted by atomic mass is 19.1. The molecule has 0 aliphatic rings. The van der Waals surface area contributed by atoms with Gasteiger partial charge in [-0.2, -0.15) is 0 Å². The predicted octanol–water partition coefficient (Wildman–Crippen LogP) is 0.507. The van der Waals surface area contributed by atoms with Gasteiger partial charge in [-0.1, -0.05) is 0 Å². The molecule has 0 spiro atoms. The summed E-state index contributed by atoms with van der Waals surface area (Å²) in [4.78, 5) is 7.83. The van der Waals surface area contributed by atoms with E-state index in [1.807, 2.05) is 7.05 Å². The normalized spacial score (nSPS) is 12.7. The Labute approximate surface area is 92.1 Å². The topological polar surface area (TPSA) is 68.8 Å². The van der Waals surface area contributed by atoms with Gasteiger partial charge in [0.15, 0.2) is 0 Å². The zero-order valence-corrected chi connectivity index (χ0v) is 8.76. The highest BCUT2D eigenvalue weighted by Gasteiger charge is 2.19. The minimum absolute atomic E-state index is 0.409. The molecular formula is C10H12FN5. The number of aromatic nitrogens is 3. The average molecular weight is 221 g/mol. The predicted molar refractivity (Wildman–Crippen MR) is 56.6 cm³/mol. The largest absolute Gasteiger partial charge is 0.336 e. The third-order valence-corrected chi connectivity index (χ3v) is 2.40. The van der Waals surface area contributed by atoms with Crippen molar-refractivity contribution in [2.24, 2.45) is 12.9 Å². The molecule has 1 atom stereocenters. The van der Waals surface area contributed by atoms with Gasteiger partial charge < -0.3 is 4.57 Å². The van der Waals surface area contributed by atoms with E-state index in [1.54, 1.807) is 23.0 Å². The van der Waals surface area contributed by atoms with Crippen LogP contribution >= 0.6 is 0 Å². The zero-order chi connectivity index (χ0) is 11.5. The van der Waals surface area contributed by atoms with E-state index in [4.69, 9.17) is 5.84 Å². The lowest BCUT2D eigenvalue weighted by Crippen LogP contribution is -2.31. The fraction of sp³-hybridized carbons (Fsp3) is 0.200. The van der Waals surface area contributed by atoms with Crippen LogP contribution in [0.5, 0.6) is 0 Å². The van der Waals surface area contributed by atoms with E-state index in [1.165, 1.54) is 6.20 Å². The van der Waals surface area contributed by atoms with Crippen molar-refractivity contribution in [3.8, 4) is 0 Å². The van der Waals surface area contributed by atoms with Gasteiger partial charge in [-0.15, -0.1) is 0 Å². The molecule has 1 unspecified atom stereocenters. The molecule has 0 aromatic carbocycles. The lowest BCUT2D eigenvalue weighted by molar-refractivity contribution is 0.530. The first-order valence-corrected chi connectivity index (χ1v) is 4.76. The summed E-state index contributed by atoms with van der Waals surface area (Å²) in [5, 5.41) is 0. The van der Waals surface area contributed by atoms with Crippen molar-refractivity contribution >= 4 is 0 Å². The second-order valence-corrected chi connectivity index (χ2v) is 3.39. The number of hydrazine groups is 1. The molecule has 16 heavy (non-hydrogen) atoms. The Morgan fingerprint density at radius 1 is 1.50 bits per heavy atom. The van der Waals surface area contributed by atoms with E-state index in [9.17, 15) is 4.39 Å². The number of nitrogens with zero attached hydrogens (tertiary/aromatic N) is 3. The maximum Gasteiger partial charge on any atom is 0.146 e. The fourth-order valence-corrected chi connectivity index (χ4v) is 1.58. The summed E-state index contributed by atoms with van der Waals surface area (Å²) >= 11 is 0. The molecule has 0 amide bonds. The highest BCUT2D eigenvalue weighted by Crippen LogP contribution is 2.21. The number of pyridine rings is 1. The number of hydrogen-bond acceptors (Lipinski definition) is 4. The molecule has 2 aromatic heterocycles. The summed E-state index contributed by atoms with van der Waals surface area (Å²) in [5.41, 5.74) is 2.97. The van der Waals surface area contributed by atoms with Gasteiger partial charge in [0.25, 0.3) is 0 Å². The second kappa shape index (κ2) is 4.38. The number of nitrogens with two attached hydrogens (primary N) is 1. The van der Waals surface area contributed by atoms with E-state index < -0.39 is 11.9 Å². The Balaban J connectivity index is 2.45. The van der Waals surface area contributed by atoms with E-state index in [0.717, 1.165) is 6.20 Å². The number of halogens is 1. The summed E-state index contributed by atoms with van der Waals surface area (Å²) in [7, 11) is 1.83. The molecule has 0 saturated carbocycles. The van der Waals surface area contributed by atoms with Crippen LogP contribution in [-0.2, 0) is 7.05 Å². The molecule has 0 bridgehead atoms. The third kappa shape index (κ3) is 1.80. The monoisotopic (exact) mass is 221 g/mol. The minimum atomic E-state index is -0.483. The van der Waals surface area contributed by atoms with Crippen molar-refractivity contribution < 1.29 is 4.39 Å². The van der Waals surface area contributed by atoms with E-state index in [2.05, 4.69) is 15.4 Å². The van der Waals surface area contributed by atoms with Crippen molar-refractivity contribution in [2.75, 3.05) is 0 Å². The maximum atomic E-state index is 13.6. The first-order chi connectivity index (χ1) is 7.74. The number of imidazole rings is 1. The third-order valence-electron chi connectivity index (χ3n) is 2.40. The van der Waals surface area contributed by atoms with Crippen LogP contribution < -0.4 is 11.3 Å². The molecular weight excluding hydrogens is 209 g/mol. The highest BCUT2D eigenvalue weighted by molar-refractivity contribution is 5.24. The molecule has 0 aliphatic carbocycles. The summed E-state index contributed by atoms with van der Waals surface area (Å²) in [6, 6.07) is 1.09. The molecule has 0 saturated heterocycles. The summed E-state index contributed by atoms with van der Waals surface area (Å²) in [6.07, 6.45) is 6.09. The van der Waals surface area contributed by atoms with Crippen molar-refractivity contribution in [1.82, 2.24) is 20.0 Å². The molecule has 0 fully saturated rings. The SMILES string of the molecule is Cn1ccnc1C(NN)c1ccncc1F. The standard InChI is InChI=1S/C10H12FN5/c1-16-5-4-14-10(16)9(15-12)7-2-3-13-6-8(7)11/h2-6,9,15H,12H2,1H3.